The summed E-state index contributed by atoms with van der Waals surface area (Å²) in [5.41, 5.74) is 9.51. The molecule has 1 fully saturated rings. The molecule has 2 aromatic carbocycles. The topological polar surface area (TPSA) is 100 Å². The molecule has 0 unspecified atom stereocenters. The van der Waals surface area contributed by atoms with Gasteiger partial charge in [-0.3, -0.25) is 10.2 Å². The van der Waals surface area contributed by atoms with Gasteiger partial charge in [-0.05, 0) is 37.7 Å². The number of nitrogens with two attached hydrogens (primary N) is 1. The van der Waals surface area contributed by atoms with E-state index < -0.39 is 0 Å². The van der Waals surface area contributed by atoms with Crippen LogP contribution in [0.5, 0.6) is 5.75 Å². The quantitative estimate of drug-likeness (QED) is 0.600. The molecule has 3 aromatic rings. The summed E-state index contributed by atoms with van der Waals surface area (Å²) in [7, 11) is 3.68. The Labute approximate surface area is 187 Å². The number of benzene rings is 2. The maximum absolute atomic E-state index is 12.7. The van der Waals surface area contributed by atoms with Crippen molar-refractivity contribution in [2.24, 2.45) is 0 Å². The van der Waals surface area contributed by atoms with Crippen LogP contribution in [0.3, 0.4) is 0 Å². The fraction of sp³-hybridized carbons (Fsp3) is 0.292. The number of nitrogens with one attached hydrogen (secondary N) is 1. The van der Waals surface area contributed by atoms with Gasteiger partial charge in [0.15, 0.2) is 0 Å². The van der Waals surface area contributed by atoms with E-state index in [2.05, 4.69) is 21.9 Å². The zero-order chi connectivity index (χ0) is 22.8. The van der Waals surface area contributed by atoms with Crippen LogP contribution in [0.15, 0.2) is 53.3 Å². The minimum Gasteiger partial charge on any atom is -0.494 e. The molecular weight excluding hydrogens is 404 g/mol. The minimum atomic E-state index is -0.378. The van der Waals surface area contributed by atoms with Crippen molar-refractivity contribution < 1.29 is 4.74 Å². The lowest BCUT2D eigenvalue weighted by molar-refractivity contribution is 0.313. The lowest BCUT2D eigenvalue weighted by atomic mass is 10.1. The highest BCUT2D eigenvalue weighted by molar-refractivity contribution is 6.12. The molecule has 8 nitrogen and oxygen atoms in total. The van der Waals surface area contributed by atoms with Gasteiger partial charge in [0.25, 0.3) is 5.56 Å². The first kappa shape index (κ1) is 21.6. The van der Waals surface area contributed by atoms with Crippen LogP contribution >= 0.6 is 0 Å². The zero-order valence-electron chi connectivity index (χ0n) is 18.6. The Balaban J connectivity index is 1.68. The van der Waals surface area contributed by atoms with Crippen LogP contribution in [0.4, 0.5) is 11.4 Å². The molecule has 0 radical (unpaired) electrons. The number of hydrogen-bond donors (Lipinski definition) is 2. The maximum Gasteiger partial charge on any atom is 0.273 e. The number of likely N-dealkylation sites (N-methyl/N-ethyl adjacent to an activating group) is 1. The number of piperazine rings is 1. The summed E-state index contributed by atoms with van der Waals surface area (Å²) < 4.78 is 6.69. The second-order valence-corrected chi connectivity index (χ2v) is 8.04. The van der Waals surface area contributed by atoms with Gasteiger partial charge in [-0.25, -0.2) is 0 Å². The molecule has 0 aliphatic carbocycles. The van der Waals surface area contributed by atoms with Crippen molar-refractivity contribution in [3.8, 4) is 11.4 Å². The van der Waals surface area contributed by atoms with Crippen molar-refractivity contribution in [2.45, 2.75) is 6.92 Å². The molecule has 2 heterocycles. The maximum atomic E-state index is 12.7. The number of aryl methyl sites for hydroxylation is 1. The molecule has 1 aliphatic rings. The third-order valence-corrected chi connectivity index (χ3v) is 5.85. The Morgan fingerprint density at radius 1 is 1.09 bits per heavy atom. The first-order chi connectivity index (χ1) is 15.4. The van der Waals surface area contributed by atoms with Crippen LogP contribution in [0.2, 0.25) is 0 Å². The highest BCUT2D eigenvalue weighted by Gasteiger charge is 2.19. The number of aromatic nitrogens is 2. The van der Waals surface area contributed by atoms with E-state index in [9.17, 15) is 4.79 Å². The van der Waals surface area contributed by atoms with Crippen molar-refractivity contribution in [2.75, 3.05) is 51.0 Å². The van der Waals surface area contributed by atoms with Crippen molar-refractivity contribution in [1.29, 1.82) is 5.41 Å². The van der Waals surface area contributed by atoms with Gasteiger partial charge >= 0.3 is 0 Å². The summed E-state index contributed by atoms with van der Waals surface area (Å²) in [6.07, 6.45) is 0. The molecule has 8 heteroatoms. The van der Waals surface area contributed by atoms with E-state index in [0.717, 1.165) is 37.4 Å². The molecule has 4 rings (SSSR count). The minimum absolute atomic E-state index is 0.161. The molecule has 0 atom stereocenters. The zero-order valence-corrected chi connectivity index (χ0v) is 18.6. The van der Waals surface area contributed by atoms with Gasteiger partial charge < -0.3 is 20.3 Å². The molecule has 32 heavy (non-hydrogen) atoms. The van der Waals surface area contributed by atoms with Crippen LogP contribution in [-0.2, 0) is 0 Å². The lowest BCUT2D eigenvalue weighted by Gasteiger charge is -2.34. The molecular formula is C24H28N6O2. The number of methoxy groups -OCH3 is 1. The number of rotatable bonds is 5. The molecule has 0 amide bonds. The van der Waals surface area contributed by atoms with Gasteiger partial charge in [-0.15, -0.1) is 0 Å². The third-order valence-electron chi connectivity index (χ3n) is 5.85. The molecule has 1 aliphatic heterocycles. The highest BCUT2D eigenvalue weighted by atomic mass is 16.5. The van der Waals surface area contributed by atoms with Crippen LogP contribution in [0.1, 0.15) is 16.8 Å². The Morgan fingerprint density at radius 3 is 2.44 bits per heavy atom. The van der Waals surface area contributed by atoms with E-state index in [1.165, 1.54) is 10.7 Å². The van der Waals surface area contributed by atoms with Crippen molar-refractivity contribution in [1.82, 2.24) is 14.7 Å². The van der Waals surface area contributed by atoms with Crippen LogP contribution in [0.25, 0.3) is 5.69 Å². The van der Waals surface area contributed by atoms with Gasteiger partial charge in [-0.2, -0.15) is 9.78 Å². The second kappa shape index (κ2) is 8.84. The molecule has 1 saturated heterocycles. The molecule has 166 valence electrons. The number of anilines is 2. The van der Waals surface area contributed by atoms with Gasteiger partial charge in [0.1, 0.15) is 17.1 Å². The molecule has 3 N–H and O–H groups in total. The van der Waals surface area contributed by atoms with E-state index in [0.29, 0.717) is 17.0 Å². The first-order valence-corrected chi connectivity index (χ1v) is 10.6. The number of nitrogen functional groups attached to an aromatic ring is 1. The SMILES string of the molecule is COc1cccc(C)c1-n1nc(C(=N)c2ccc(N3CCN(C)CC3)cc2)c(N)cc1=O. The number of para-hydroxylation sites is 1. The average Bonchev–Trinajstić information content (AvgIpc) is 2.80. The van der Waals surface area contributed by atoms with E-state index in [-0.39, 0.29) is 22.7 Å². The van der Waals surface area contributed by atoms with Crippen LogP contribution in [0, 0.1) is 12.3 Å². The Morgan fingerprint density at radius 2 is 1.78 bits per heavy atom. The van der Waals surface area contributed by atoms with Crippen molar-refractivity contribution in [3.63, 3.8) is 0 Å². The number of hydrogen-bond acceptors (Lipinski definition) is 7. The highest BCUT2D eigenvalue weighted by Crippen LogP contribution is 2.25. The normalized spacial score (nSPS) is 14.4. The van der Waals surface area contributed by atoms with Gasteiger partial charge in [0.2, 0.25) is 0 Å². The molecule has 0 saturated carbocycles. The Kier molecular flexibility index (Phi) is 5.96. The Bertz CT molecular complexity index is 1190. The predicted molar refractivity (Wildman–Crippen MR) is 128 cm³/mol. The summed E-state index contributed by atoms with van der Waals surface area (Å²) in [6, 6.07) is 14.7. The van der Waals surface area contributed by atoms with Gasteiger partial charge in [0, 0.05) is 43.5 Å². The fourth-order valence-electron chi connectivity index (χ4n) is 3.93. The summed E-state index contributed by atoms with van der Waals surface area (Å²) in [5, 5.41) is 13.2. The van der Waals surface area contributed by atoms with Gasteiger partial charge in [0.05, 0.1) is 18.5 Å². The Hall–Kier alpha value is -3.65. The standard InChI is InChI=1S/C24H28N6O2/c1-16-5-4-6-20(32-3)24(16)30-21(31)15-19(25)23(27-30)22(26)17-7-9-18(10-8-17)29-13-11-28(2)12-14-29/h4-10,15,26H,11-14,25H2,1-3H3. The van der Waals surface area contributed by atoms with Crippen LogP contribution in [-0.4, -0.2) is 60.7 Å². The monoisotopic (exact) mass is 432 g/mol. The smallest absolute Gasteiger partial charge is 0.273 e. The third kappa shape index (κ3) is 4.09. The second-order valence-electron chi connectivity index (χ2n) is 8.04. The number of ether oxygens (including phenoxy) is 1. The lowest BCUT2D eigenvalue weighted by Crippen LogP contribution is -2.44. The van der Waals surface area contributed by atoms with E-state index in [1.807, 2.05) is 43.3 Å². The van der Waals surface area contributed by atoms with E-state index >= 15 is 0 Å². The molecule has 1 aromatic heterocycles. The van der Waals surface area contributed by atoms with Crippen LogP contribution < -0.4 is 20.9 Å². The van der Waals surface area contributed by atoms with Crippen molar-refractivity contribution in [3.05, 3.63) is 75.7 Å². The van der Waals surface area contributed by atoms with E-state index in [1.54, 1.807) is 13.2 Å². The summed E-state index contributed by atoms with van der Waals surface area (Å²) in [4.78, 5) is 17.4. The number of nitrogens with zero attached hydrogens (tertiary/aromatic N) is 4. The summed E-state index contributed by atoms with van der Waals surface area (Å²) in [6.45, 7) is 5.89. The predicted octanol–water partition coefficient (Wildman–Crippen LogP) is 2.30. The summed E-state index contributed by atoms with van der Waals surface area (Å²) in [5.74, 6) is 0.526. The largest absolute Gasteiger partial charge is 0.494 e. The molecule has 0 bridgehead atoms. The van der Waals surface area contributed by atoms with E-state index in [4.69, 9.17) is 15.9 Å². The fourth-order valence-corrected chi connectivity index (χ4v) is 3.93. The summed E-state index contributed by atoms with van der Waals surface area (Å²) >= 11 is 0. The van der Waals surface area contributed by atoms with Gasteiger partial charge in [-0.1, -0.05) is 24.3 Å². The van der Waals surface area contributed by atoms with Crippen molar-refractivity contribution >= 4 is 17.1 Å². The molecule has 0 spiro atoms. The average molecular weight is 433 g/mol. The first-order valence-electron chi connectivity index (χ1n) is 10.6.